The lowest BCUT2D eigenvalue weighted by molar-refractivity contribution is -0.135. The van der Waals surface area contributed by atoms with E-state index < -0.39 is 6.10 Å². The third-order valence-corrected chi connectivity index (χ3v) is 4.64. The molecule has 0 saturated heterocycles. The molecule has 7 heteroatoms. The van der Waals surface area contributed by atoms with Crippen molar-refractivity contribution in [2.45, 2.75) is 11.1 Å². The van der Waals surface area contributed by atoms with Crippen LogP contribution in [0.15, 0.2) is 47.6 Å². The predicted octanol–water partition coefficient (Wildman–Crippen LogP) is 2.30. The third kappa shape index (κ3) is 3.32. The second kappa shape index (κ2) is 7.14. The molecule has 2 amide bonds. The van der Waals surface area contributed by atoms with Crippen molar-refractivity contribution < 1.29 is 14.3 Å². The minimum atomic E-state index is -0.733. The van der Waals surface area contributed by atoms with Crippen molar-refractivity contribution in [3.8, 4) is 5.75 Å². The number of nitrogens with zero attached hydrogens (tertiary/aromatic N) is 3. The Labute approximate surface area is 150 Å². The Bertz CT molecular complexity index is 810. The molecule has 2 heterocycles. The summed E-state index contributed by atoms with van der Waals surface area (Å²) in [4.78, 5) is 32.9. The molecule has 1 aliphatic heterocycles. The van der Waals surface area contributed by atoms with Gasteiger partial charge in [-0.3, -0.25) is 9.59 Å². The van der Waals surface area contributed by atoms with Crippen molar-refractivity contribution in [3.63, 3.8) is 0 Å². The first-order valence-electron chi connectivity index (χ1n) is 7.80. The number of aromatic nitrogens is 1. The van der Waals surface area contributed by atoms with Gasteiger partial charge in [0.15, 0.2) is 6.10 Å². The van der Waals surface area contributed by atoms with Crippen LogP contribution in [0.3, 0.4) is 0 Å². The summed E-state index contributed by atoms with van der Waals surface area (Å²) < 4.78 is 5.82. The first-order chi connectivity index (χ1) is 12.0. The molecule has 0 spiro atoms. The number of pyridine rings is 1. The molecule has 0 aliphatic carbocycles. The van der Waals surface area contributed by atoms with Crippen LogP contribution < -0.4 is 9.64 Å². The van der Waals surface area contributed by atoms with Gasteiger partial charge in [0.25, 0.3) is 11.8 Å². The Balaban J connectivity index is 2.01. The van der Waals surface area contributed by atoms with Gasteiger partial charge in [0, 0.05) is 20.3 Å². The van der Waals surface area contributed by atoms with Crippen molar-refractivity contribution in [1.29, 1.82) is 0 Å². The van der Waals surface area contributed by atoms with Crippen LogP contribution in [0.25, 0.3) is 0 Å². The monoisotopic (exact) mass is 357 g/mol. The van der Waals surface area contributed by atoms with Crippen molar-refractivity contribution >= 4 is 29.3 Å². The molecule has 1 aromatic heterocycles. The minimum Gasteiger partial charge on any atom is -0.476 e. The number of anilines is 1. The summed E-state index contributed by atoms with van der Waals surface area (Å²) >= 11 is 1.42. The van der Waals surface area contributed by atoms with Gasteiger partial charge in [-0.15, -0.1) is 11.8 Å². The highest BCUT2D eigenvalue weighted by molar-refractivity contribution is 7.98. The maximum atomic E-state index is 13.2. The molecule has 130 valence electrons. The van der Waals surface area contributed by atoms with E-state index >= 15 is 0 Å². The van der Waals surface area contributed by atoms with Crippen LogP contribution in [0.4, 0.5) is 5.69 Å². The second-order valence-corrected chi connectivity index (χ2v) is 6.58. The SMILES string of the molecule is CSc1ncccc1C(=O)N1CC(C(=O)N(C)C)Oc2ccccc21. The Morgan fingerprint density at radius 2 is 2.00 bits per heavy atom. The molecule has 0 saturated carbocycles. The number of amides is 2. The molecule has 0 radical (unpaired) electrons. The molecule has 1 aliphatic rings. The Hall–Kier alpha value is -2.54. The largest absolute Gasteiger partial charge is 0.476 e. The van der Waals surface area contributed by atoms with Crippen LogP contribution in [0.1, 0.15) is 10.4 Å². The van der Waals surface area contributed by atoms with E-state index in [1.165, 1.54) is 16.7 Å². The van der Waals surface area contributed by atoms with Gasteiger partial charge in [0.1, 0.15) is 10.8 Å². The minimum absolute atomic E-state index is 0.162. The van der Waals surface area contributed by atoms with E-state index in [1.807, 2.05) is 24.5 Å². The van der Waals surface area contributed by atoms with Gasteiger partial charge in [-0.05, 0) is 30.5 Å². The van der Waals surface area contributed by atoms with E-state index in [0.29, 0.717) is 22.0 Å². The predicted molar refractivity (Wildman–Crippen MR) is 97.2 cm³/mol. The van der Waals surface area contributed by atoms with E-state index in [-0.39, 0.29) is 18.4 Å². The summed E-state index contributed by atoms with van der Waals surface area (Å²) in [6.45, 7) is 0.162. The molecular weight excluding hydrogens is 338 g/mol. The first-order valence-corrected chi connectivity index (χ1v) is 9.03. The summed E-state index contributed by atoms with van der Waals surface area (Å²) in [5.41, 5.74) is 1.17. The topological polar surface area (TPSA) is 62.7 Å². The molecule has 25 heavy (non-hydrogen) atoms. The van der Waals surface area contributed by atoms with Gasteiger partial charge in [-0.25, -0.2) is 4.98 Å². The fourth-order valence-corrected chi connectivity index (χ4v) is 3.25. The highest BCUT2D eigenvalue weighted by Gasteiger charge is 2.35. The molecule has 6 nitrogen and oxygen atoms in total. The Kier molecular flexibility index (Phi) is 4.94. The maximum absolute atomic E-state index is 13.2. The second-order valence-electron chi connectivity index (χ2n) is 5.78. The van der Waals surface area contributed by atoms with Crippen LogP contribution in [-0.2, 0) is 4.79 Å². The highest BCUT2D eigenvalue weighted by atomic mass is 32.2. The lowest BCUT2D eigenvalue weighted by Gasteiger charge is -2.35. The number of ether oxygens (including phenoxy) is 1. The van der Waals surface area contributed by atoms with Gasteiger partial charge in [-0.2, -0.15) is 0 Å². The van der Waals surface area contributed by atoms with Crippen molar-refractivity contribution in [2.24, 2.45) is 0 Å². The van der Waals surface area contributed by atoms with E-state index in [9.17, 15) is 9.59 Å². The first kappa shape index (κ1) is 17.3. The number of carbonyl (C=O) groups is 2. The Morgan fingerprint density at radius 1 is 1.24 bits per heavy atom. The highest BCUT2D eigenvalue weighted by Crippen LogP contribution is 2.35. The summed E-state index contributed by atoms with van der Waals surface area (Å²) in [6, 6.07) is 10.7. The molecule has 1 unspecified atom stereocenters. The lowest BCUT2D eigenvalue weighted by atomic mass is 10.1. The van der Waals surface area contributed by atoms with Gasteiger partial charge in [0.05, 0.1) is 17.8 Å². The number of thioether (sulfide) groups is 1. The number of hydrogen-bond acceptors (Lipinski definition) is 5. The van der Waals surface area contributed by atoms with E-state index in [2.05, 4.69) is 4.98 Å². The number of hydrogen-bond donors (Lipinski definition) is 0. The number of rotatable bonds is 3. The van der Waals surface area contributed by atoms with Gasteiger partial charge < -0.3 is 14.5 Å². The summed E-state index contributed by atoms with van der Waals surface area (Å²) in [6.07, 6.45) is 2.81. The molecule has 1 atom stereocenters. The summed E-state index contributed by atoms with van der Waals surface area (Å²) in [5, 5.41) is 0.659. The zero-order valence-corrected chi connectivity index (χ0v) is 15.1. The number of benzene rings is 1. The lowest BCUT2D eigenvalue weighted by Crippen LogP contribution is -2.50. The van der Waals surface area contributed by atoms with Crippen LogP contribution in [0.2, 0.25) is 0 Å². The van der Waals surface area contributed by atoms with E-state index in [4.69, 9.17) is 4.74 Å². The van der Waals surface area contributed by atoms with Gasteiger partial charge in [0.2, 0.25) is 0 Å². The molecule has 2 aromatic rings. The van der Waals surface area contributed by atoms with Crippen molar-refractivity contribution in [2.75, 3.05) is 31.8 Å². The zero-order valence-electron chi connectivity index (χ0n) is 14.3. The molecule has 3 rings (SSSR count). The number of fused-ring (bicyclic) bond motifs is 1. The summed E-state index contributed by atoms with van der Waals surface area (Å²) in [7, 11) is 3.34. The number of likely N-dealkylation sites (N-methyl/N-ethyl adjacent to an activating group) is 1. The zero-order chi connectivity index (χ0) is 18.0. The van der Waals surface area contributed by atoms with Crippen molar-refractivity contribution in [3.05, 3.63) is 48.2 Å². The van der Waals surface area contributed by atoms with Gasteiger partial charge >= 0.3 is 0 Å². The molecule has 0 fully saturated rings. The quantitative estimate of drug-likeness (QED) is 0.789. The van der Waals surface area contributed by atoms with Crippen LogP contribution in [0.5, 0.6) is 5.75 Å². The van der Waals surface area contributed by atoms with Crippen LogP contribution >= 0.6 is 11.8 Å². The average Bonchev–Trinajstić information content (AvgIpc) is 2.65. The van der Waals surface area contributed by atoms with E-state index in [0.717, 1.165) is 0 Å². The fraction of sp³-hybridized carbons (Fsp3) is 0.278. The summed E-state index contributed by atoms with van der Waals surface area (Å²) in [5.74, 6) is 0.158. The van der Waals surface area contributed by atoms with E-state index in [1.54, 1.807) is 43.4 Å². The number of para-hydroxylation sites is 2. The fourth-order valence-electron chi connectivity index (χ4n) is 2.70. The molecule has 0 N–H and O–H groups in total. The normalized spacial score (nSPS) is 16.0. The molecule has 1 aromatic carbocycles. The van der Waals surface area contributed by atoms with Crippen LogP contribution in [-0.4, -0.2) is 54.7 Å². The standard InChI is InChI=1S/C18H19N3O3S/c1-20(2)18(23)15-11-21(13-8-4-5-9-14(13)24-15)17(22)12-7-6-10-19-16(12)25-3/h4-10,15H,11H2,1-3H3. The molecular formula is C18H19N3O3S. The van der Waals surface area contributed by atoms with Gasteiger partial charge in [-0.1, -0.05) is 12.1 Å². The smallest absolute Gasteiger partial charge is 0.265 e. The Morgan fingerprint density at radius 3 is 2.72 bits per heavy atom. The maximum Gasteiger partial charge on any atom is 0.265 e. The van der Waals surface area contributed by atoms with Crippen molar-refractivity contribution in [1.82, 2.24) is 9.88 Å². The molecule has 0 bridgehead atoms. The number of carbonyl (C=O) groups excluding carboxylic acids is 2. The average molecular weight is 357 g/mol. The third-order valence-electron chi connectivity index (χ3n) is 3.93. The van der Waals surface area contributed by atoms with Crippen LogP contribution in [0, 0.1) is 0 Å².